The fraction of sp³-hybridized carbons (Fsp3) is 0.136. The summed E-state index contributed by atoms with van der Waals surface area (Å²) in [7, 11) is 0. The van der Waals surface area contributed by atoms with Crippen LogP contribution in [0.1, 0.15) is 41.3 Å². The second-order valence-corrected chi connectivity index (χ2v) is 6.35. The van der Waals surface area contributed by atoms with E-state index in [9.17, 15) is 4.79 Å². The Labute approximate surface area is 136 Å². The molecule has 0 aliphatic heterocycles. The van der Waals surface area contributed by atoms with Gasteiger partial charge in [0, 0.05) is 16.7 Å². The highest BCUT2D eigenvalue weighted by Gasteiger charge is 2.37. The molecule has 0 saturated heterocycles. The number of hydrogen-bond donors (Lipinski definition) is 0. The van der Waals surface area contributed by atoms with Crippen molar-refractivity contribution in [2.24, 2.45) is 0 Å². The molecule has 112 valence electrons. The van der Waals surface area contributed by atoms with Crippen LogP contribution in [-0.2, 0) is 0 Å². The van der Waals surface area contributed by atoms with Crippen molar-refractivity contribution < 1.29 is 4.79 Å². The van der Waals surface area contributed by atoms with E-state index < -0.39 is 0 Å². The summed E-state index contributed by atoms with van der Waals surface area (Å²) < 4.78 is 0. The Morgan fingerprint density at radius 2 is 1.26 bits per heavy atom. The van der Waals surface area contributed by atoms with Crippen LogP contribution in [0.2, 0.25) is 0 Å². The normalized spacial score (nSPS) is 12.4. The highest BCUT2D eigenvalue weighted by atomic mass is 16.1. The fourth-order valence-corrected chi connectivity index (χ4v) is 3.44. The Kier molecular flexibility index (Phi) is 3.16. The summed E-state index contributed by atoms with van der Waals surface area (Å²) >= 11 is 0. The summed E-state index contributed by atoms with van der Waals surface area (Å²) in [5, 5.41) is 0. The molecule has 3 aromatic carbocycles. The molecule has 0 radical (unpaired) electrons. The molecular formula is C22H18O. The molecule has 0 saturated carbocycles. The van der Waals surface area contributed by atoms with E-state index in [0.717, 1.165) is 38.9 Å². The summed E-state index contributed by atoms with van der Waals surface area (Å²) in [6.45, 7) is 4.31. The van der Waals surface area contributed by atoms with Crippen molar-refractivity contribution in [1.29, 1.82) is 0 Å². The van der Waals surface area contributed by atoms with E-state index in [1.165, 1.54) is 0 Å². The van der Waals surface area contributed by atoms with Gasteiger partial charge in [-0.15, -0.1) is 0 Å². The van der Waals surface area contributed by atoms with Gasteiger partial charge in [-0.1, -0.05) is 74.5 Å². The van der Waals surface area contributed by atoms with Crippen molar-refractivity contribution in [1.82, 2.24) is 0 Å². The number of ketones is 1. The van der Waals surface area contributed by atoms with Crippen molar-refractivity contribution in [3.63, 3.8) is 0 Å². The standard InChI is InChI=1S/C22H18O/c1-14(2)17-13-18(15-9-5-3-6-10-15)21-19(20(17)22(21)23)16-11-7-4-8-12-16/h3-14H,1-2H3. The SMILES string of the molecule is CC(C)c1cc(-c2ccccc2)c2c(-c3ccccc3)c1C2=O. The molecule has 0 atom stereocenters. The largest absolute Gasteiger partial charge is 0.289 e. The Bertz CT molecular complexity index is 846. The zero-order valence-corrected chi connectivity index (χ0v) is 13.3. The molecule has 5 rings (SSSR count). The second-order valence-electron chi connectivity index (χ2n) is 6.35. The maximum absolute atomic E-state index is 12.8. The molecule has 0 amide bonds. The predicted molar refractivity (Wildman–Crippen MR) is 94.8 cm³/mol. The average molecular weight is 298 g/mol. The molecule has 2 bridgehead atoms. The van der Waals surface area contributed by atoms with Crippen LogP contribution in [0.5, 0.6) is 0 Å². The van der Waals surface area contributed by atoms with Gasteiger partial charge < -0.3 is 0 Å². The van der Waals surface area contributed by atoms with E-state index in [2.05, 4.69) is 44.2 Å². The average Bonchev–Trinajstić information content (AvgIpc) is 2.61. The van der Waals surface area contributed by atoms with Crippen LogP contribution in [0.4, 0.5) is 0 Å². The molecule has 2 aliphatic carbocycles. The van der Waals surface area contributed by atoms with Crippen LogP contribution in [-0.4, -0.2) is 5.78 Å². The summed E-state index contributed by atoms with van der Waals surface area (Å²) in [6, 6.07) is 22.7. The highest BCUT2D eigenvalue weighted by Crippen LogP contribution is 2.48. The van der Waals surface area contributed by atoms with Gasteiger partial charge in [-0.3, -0.25) is 4.79 Å². The van der Waals surface area contributed by atoms with Crippen LogP contribution in [0.15, 0.2) is 66.7 Å². The zero-order valence-electron chi connectivity index (χ0n) is 13.3. The molecule has 0 fully saturated rings. The Balaban J connectivity index is 2.04. The third kappa shape index (κ3) is 2.04. The van der Waals surface area contributed by atoms with Crippen molar-refractivity contribution in [2.45, 2.75) is 19.8 Å². The van der Waals surface area contributed by atoms with Gasteiger partial charge in [0.25, 0.3) is 0 Å². The van der Waals surface area contributed by atoms with Gasteiger partial charge in [0.1, 0.15) is 0 Å². The minimum Gasteiger partial charge on any atom is -0.289 e. The first-order valence-electron chi connectivity index (χ1n) is 8.05. The number of fused-ring (bicyclic) bond motifs is 2. The topological polar surface area (TPSA) is 17.1 Å². The van der Waals surface area contributed by atoms with Gasteiger partial charge in [0.2, 0.25) is 0 Å². The minimum absolute atomic E-state index is 0.203. The lowest BCUT2D eigenvalue weighted by Gasteiger charge is -2.30. The first kappa shape index (κ1) is 14.0. The van der Waals surface area contributed by atoms with E-state index in [0.29, 0.717) is 5.92 Å². The smallest absolute Gasteiger partial charge is 0.195 e. The van der Waals surface area contributed by atoms with Crippen molar-refractivity contribution >= 4 is 5.78 Å². The minimum atomic E-state index is 0.203. The maximum Gasteiger partial charge on any atom is 0.195 e. The van der Waals surface area contributed by atoms with E-state index in [1.807, 2.05) is 36.4 Å². The summed E-state index contributed by atoms with van der Waals surface area (Å²) in [4.78, 5) is 12.8. The lowest BCUT2D eigenvalue weighted by molar-refractivity contribution is 0.102. The highest BCUT2D eigenvalue weighted by molar-refractivity contribution is 6.30. The van der Waals surface area contributed by atoms with Crippen LogP contribution >= 0.6 is 0 Å². The number of carbonyl (C=O) groups excluding carboxylic acids is 1. The van der Waals surface area contributed by atoms with Crippen LogP contribution in [0, 0.1) is 0 Å². The second kappa shape index (κ2) is 5.20. The molecule has 0 unspecified atom stereocenters. The summed E-state index contributed by atoms with van der Waals surface area (Å²) in [5.41, 5.74) is 7.39. The van der Waals surface area contributed by atoms with Gasteiger partial charge in [-0.25, -0.2) is 0 Å². The molecule has 23 heavy (non-hydrogen) atoms. The van der Waals surface area contributed by atoms with Gasteiger partial charge in [0.15, 0.2) is 5.78 Å². The first-order valence-corrected chi connectivity index (χ1v) is 8.05. The number of carbonyl (C=O) groups is 1. The molecule has 1 nitrogen and oxygen atoms in total. The Morgan fingerprint density at radius 3 is 1.83 bits per heavy atom. The quantitative estimate of drug-likeness (QED) is 0.475. The van der Waals surface area contributed by atoms with Crippen LogP contribution < -0.4 is 0 Å². The van der Waals surface area contributed by atoms with Gasteiger partial charge in [-0.2, -0.15) is 0 Å². The van der Waals surface area contributed by atoms with E-state index in [-0.39, 0.29) is 5.78 Å². The van der Waals surface area contributed by atoms with E-state index in [4.69, 9.17) is 0 Å². The zero-order chi connectivity index (χ0) is 16.0. The fourth-order valence-electron chi connectivity index (χ4n) is 3.44. The molecule has 0 N–H and O–H groups in total. The van der Waals surface area contributed by atoms with Crippen LogP contribution in [0.3, 0.4) is 0 Å². The third-order valence-corrected chi connectivity index (χ3v) is 4.58. The number of benzene rings is 3. The molecule has 1 heteroatoms. The van der Waals surface area contributed by atoms with Gasteiger partial charge in [0.05, 0.1) is 0 Å². The monoisotopic (exact) mass is 298 g/mol. The lowest BCUT2D eigenvalue weighted by Crippen LogP contribution is -2.23. The van der Waals surface area contributed by atoms with Crippen molar-refractivity contribution in [3.8, 4) is 22.3 Å². The molecule has 2 aliphatic rings. The Morgan fingerprint density at radius 1 is 0.696 bits per heavy atom. The summed E-state index contributed by atoms with van der Waals surface area (Å²) in [6.07, 6.45) is 0. The first-order chi connectivity index (χ1) is 11.2. The number of hydrogen-bond acceptors (Lipinski definition) is 1. The molecular weight excluding hydrogens is 280 g/mol. The summed E-state index contributed by atoms with van der Waals surface area (Å²) in [5.74, 6) is 0.530. The molecule has 3 aromatic rings. The lowest BCUT2D eigenvalue weighted by atomic mass is 9.70. The number of rotatable bonds is 3. The molecule has 0 aromatic heterocycles. The van der Waals surface area contributed by atoms with Crippen LogP contribution in [0.25, 0.3) is 22.3 Å². The predicted octanol–water partition coefficient (Wildman–Crippen LogP) is 5.69. The van der Waals surface area contributed by atoms with E-state index >= 15 is 0 Å². The molecule has 0 heterocycles. The molecule has 0 spiro atoms. The van der Waals surface area contributed by atoms with Gasteiger partial charge in [-0.05, 0) is 34.2 Å². The van der Waals surface area contributed by atoms with Crippen molar-refractivity contribution in [3.05, 3.63) is 83.4 Å². The van der Waals surface area contributed by atoms with E-state index in [1.54, 1.807) is 0 Å². The Hall–Kier alpha value is -2.67. The maximum atomic E-state index is 12.8. The van der Waals surface area contributed by atoms with Gasteiger partial charge >= 0.3 is 0 Å². The third-order valence-electron chi connectivity index (χ3n) is 4.58. The van der Waals surface area contributed by atoms with Crippen molar-refractivity contribution in [2.75, 3.05) is 0 Å².